The van der Waals surface area contributed by atoms with Gasteiger partial charge in [0, 0.05) is 44.0 Å². The number of hydrogen-bond acceptors (Lipinski definition) is 4. The van der Waals surface area contributed by atoms with Crippen LogP contribution in [-0.2, 0) is 6.54 Å². The molecule has 1 aromatic heterocycles. The summed E-state index contributed by atoms with van der Waals surface area (Å²) in [4.78, 5) is 1.93. The molecule has 0 spiro atoms. The fourth-order valence-corrected chi connectivity index (χ4v) is 2.15. The van der Waals surface area contributed by atoms with Crippen LogP contribution in [0.4, 0.5) is 8.78 Å². The molecule has 0 amide bonds. The Morgan fingerprint density at radius 3 is 2.60 bits per heavy atom. The summed E-state index contributed by atoms with van der Waals surface area (Å²) < 4.78 is 30.0. The second kappa shape index (κ2) is 4.27. The van der Waals surface area contributed by atoms with Crippen LogP contribution in [0.15, 0.2) is 0 Å². The van der Waals surface area contributed by atoms with Gasteiger partial charge in [0.25, 0.3) is 5.92 Å². The van der Waals surface area contributed by atoms with Gasteiger partial charge in [-0.25, -0.2) is 8.78 Å². The van der Waals surface area contributed by atoms with Crippen LogP contribution in [0, 0.1) is 0 Å². The molecule has 7 heteroatoms. The van der Waals surface area contributed by atoms with E-state index in [0.29, 0.717) is 29.7 Å². The Labute approximate surface area is 95.2 Å². The van der Waals surface area contributed by atoms with Crippen molar-refractivity contribution in [2.45, 2.75) is 25.3 Å². The van der Waals surface area contributed by atoms with Gasteiger partial charge in [0.2, 0.25) is 0 Å². The second-order valence-corrected chi connectivity index (χ2v) is 4.98. The molecule has 0 radical (unpaired) electrons. The monoisotopic (exact) mass is 253 g/mol. The molecule has 1 aliphatic rings. The summed E-state index contributed by atoms with van der Waals surface area (Å²) in [5, 5.41) is 3.85. The molecule has 2 heterocycles. The lowest BCUT2D eigenvalue weighted by Crippen LogP contribution is -2.38. The van der Waals surface area contributed by atoms with Gasteiger partial charge >= 0.3 is 0 Å². The first-order chi connectivity index (χ1) is 7.07. The van der Waals surface area contributed by atoms with E-state index >= 15 is 0 Å². The lowest BCUT2D eigenvalue weighted by Gasteiger charge is -2.30. The summed E-state index contributed by atoms with van der Waals surface area (Å²) >= 11 is 6.96. The Kier molecular flexibility index (Phi) is 3.18. The van der Waals surface area contributed by atoms with E-state index in [2.05, 4.69) is 9.59 Å². The first kappa shape index (κ1) is 11.2. The first-order valence-electron chi connectivity index (χ1n) is 4.64. The van der Waals surface area contributed by atoms with Gasteiger partial charge in [-0.15, -0.1) is 5.10 Å². The van der Waals surface area contributed by atoms with E-state index in [0.717, 1.165) is 11.5 Å². The van der Waals surface area contributed by atoms with Crippen LogP contribution >= 0.6 is 23.1 Å². The van der Waals surface area contributed by atoms with Gasteiger partial charge in [-0.3, -0.25) is 4.90 Å². The minimum absolute atomic E-state index is 0.0812. The van der Waals surface area contributed by atoms with E-state index < -0.39 is 5.92 Å². The van der Waals surface area contributed by atoms with E-state index in [1.165, 1.54) is 0 Å². The number of rotatable bonds is 2. The quantitative estimate of drug-likeness (QED) is 0.811. The maximum absolute atomic E-state index is 12.9. The molecular weight excluding hydrogens is 244 g/mol. The highest BCUT2D eigenvalue weighted by atomic mass is 35.5. The highest BCUT2D eigenvalue weighted by molar-refractivity contribution is 7.10. The van der Waals surface area contributed by atoms with Crippen molar-refractivity contribution in [2.75, 3.05) is 13.1 Å². The summed E-state index contributed by atoms with van der Waals surface area (Å²) in [6, 6.07) is 0. The number of piperidine rings is 1. The molecule has 0 aliphatic carbocycles. The molecule has 0 unspecified atom stereocenters. The zero-order valence-electron chi connectivity index (χ0n) is 7.92. The van der Waals surface area contributed by atoms with Crippen LogP contribution in [0.5, 0.6) is 0 Å². The molecule has 1 aliphatic heterocycles. The Hall–Kier alpha value is -0.330. The minimum atomic E-state index is -2.50. The fraction of sp³-hybridized carbons (Fsp3) is 0.750. The van der Waals surface area contributed by atoms with Crippen LogP contribution in [0.3, 0.4) is 0 Å². The molecule has 0 N–H and O–H groups in total. The van der Waals surface area contributed by atoms with Gasteiger partial charge < -0.3 is 0 Å². The molecule has 0 bridgehead atoms. The number of aromatic nitrogens is 2. The van der Waals surface area contributed by atoms with Crippen molar-refractivity contribution >= 4 is 23.1 Å². The molecule has 0 aromatic carbocycles. The van der Waals surface area contributed by atoms with Gasteiger partial charge in [-0.05, 0) is 0 Å². The van der Waals surface area contributed by atoms with E-state index in [-0.39, 0.29) is 12.8 Å². The van der Waals surface area contributed by atoms with E-state index in [4.69, 9.17) is 11.6 Å². The number of hydrogen-bond donors (Lipinski definition) is 0. The Balaban J connectivity index is 1.90. The second-order valence-electron chi connectivity index (χ2n) is 3.63. The van der Waals surface area contributed by atoms with E-state index in [1.807, 2.05) is 4.90 Å². The third-order valence-corrected chi connectivity index (χ3v) is 3.45. The maximum Gasteiger partial charge on any atom is 0.250 e. The lowest BCUT2D eigenvalue weighted by atomic mass is 10.1. The molecule has 84 valence electrons. The minimum Gasteiger partial charge on any atom is -0.297 e. The molecule has 0 atom stereocenters. The lowest BCUT2D eigenvalue weighted by molar-refractivity contribution is -0.0568. The topological polar surface area (TPSA) is 29.0 Å². The number of alkyl halides is 2. The Bertz CT molecular complexity index is 334. The molecule has 0 saturated carbocycles. The smallest absolute Gasteiger partial charge is 0.250 e. The summed E-state index contributed by atoms with van der Waals surface area (Å²) in [5.74, 6) is -2.50. The number of likely N-dealkylation sites (tertiary alicyclic amines) is 1. The van der Waals surface area contributed by atoms with Crippen molar-refractivity contribution in [3.05, 3.63) is 10.0 Å². The van der Waals surface area contributed by atoms with Crippen molar-refractivity contribution in [2.24, 2.45) is 0 Å². The summed E-state index contributed by atoms with van der Waals surface area (Å²) in [5.41, 5.74) is 0.687. The Morgan fingerprint density at radius 2 is 2.07 bits per heavy atom. The van der Waals surface area contributed by atoms with Crippen LogP contribution in [0.25, 0.3) is 0 Å². The average Bonchev–Trinajstić information content (AvgIpc) is 2.56. The van der Waals surface area contributed by atoms with Gasteiger partial charge in [0.05, 0.1) is 0 Å². The predicted molar refractivity (Wildman–Crippen MR) is 54.4 cm³/mol. The van der Waals surface area contributed by atoms with Crippen LogP contribution in [0.2, 0.25) is 4.34 Å². The van der Waals surface area contributed by atoms with Gasteiger partial charge in [0.15, 0.2) is 0 Å². The van der Waals surface area contributed by atoms with Crippen molar-refractivity contribution in [3.8, 4) is 0 Å². The molecular formula is C8H10ClF2N3S. The van der Waals surface area contributed by atoms with Crippen molar-refractivity contribution < 1.29 is 8.78 Å². The van der Waals surface area contributed by atoms with Crippen molar-refractivity contribution in [3.63, 3.8) is 0 Å². The van der Waals surface area contributed by atoms with Crippen molar-refractivity contribution in [1.29, 1.82) is 0 Å². The van der Waals surface area contributed by atoms with Gasteiger partial charge in [-0.1, -0.05) is 16.1 Å². The van der Waals surface area contributed by atoms with Crippen molar-refractivity contribution in [1.82, 2.24) is 14.5 Å². The third-order valence-electron chi connectivity index (χ3n) is 2.47. The first-order valence-corrected chi connectivity index (χ1v) is 5.79. The SMILES string of the molecule is FC1(F)CCN(Cc2nnsc2Cl)CC1. The standard InChI is InChI=1S/C8H10ClF2N3S/c9-7-6(12-13-15-7)5-14-3-1-8(10,11)2-4-14/h1-5H2. The summed E-state index contributed by atoms with van der Waals surface area (Å²) in [6.45, 7) is 1.30. The fourth-order valence-electron chi connectivity index (χ4n) is 1.54. The summed E-state index contributed by atoms with van der Waals surface area (Å²) in [7, 11) is 0. The number of halogens is 3. The van der Waals surface area contributed by atoms with Gasteiger partial charge in [0.1, 0.15) is 10.0 Å². The maximum atomic E-state index is 12.9. The molecule has 1 fully saturated rings. The third kappa shape index (κ3) is 2.83. The van der Waals surface area contributed by atoms with E-state index in [9.17, 15) is 8.78 Å². The Morgan fingerprint density at radius 1 is 1.40 bits per heavy atom. The molecule has 1 aromatic rings. The molecule has 15 heavy (non-hydrogen) atoms. The highest BCUT2D eigenvalue weighted by Gasteiger charge is 2.34. The van der Waals surface area contributed by atoms with Gasteiger partial charge in [-0.2, -0.15) is 0 Å². The summed E-state index contributed by atoms with van der Waals surface area (Å²) in [6.07, 6.45) is -0.162. The predicted octanol–water partition coefficient (Wildman–Crippen LogP) is 2.42. The van der Waals surface area contributed by atoms with Crippen LogP contribution in [0.1, 0.15) is 18.5 Å². The normalized spacial score (nSPS) is 21.8. The molecule has 3 nitrogen and oxygen atoms in total. The zero-order chi connectivity index (χ0) is 10.9. The highest BCUT2D eigenvalue weighted by Crippen LogP contribution is 2.29. The average molecular weight is 254 g/mol. The number of nitrogens with zero attached hydrogens (tertiary/aromatic N) is 3. The van der Waals surface area contributed by atoms with E-state index in [1.54, 1.807) is 0 Å². The molecule has 1 saturated heterocycles. The zero-order valence-corrected chi connectivity index (χ0v) is 9.49. The van der Waals surface area contributed by atoms with Crippen LogP contribution in [-0.4, -0.2) is 33.5 Å². The van der Waals surface area contributed by atoms with Crippen LogP contribution < -0.4 is 0 Å². The molecule has 2 rings (SSSR count). The largest absolute Gasteiger partial charge is 0.297 e.